The smallest absolute Gasteiger partial charge is 0.121 e. The van der Waals surface area contributed by atoms with Crippen LogP contribution in [0.15, 0.2) is 36.5 Å². The van der Waals surface area contributed by atoms with Gasteiger partial charge >= 0.3 is 0 Å². The second-order valence-electron chi connectivity index (χ2n) is 4.78. The molecule has 98 valence electrons. The van der Waals surface area contributed by atoms with Gasteiger partial charge in [-0.15, -0.1) is 0 Å². The molecule has 0 saturated carbocycles. The van der Waals surface area contributed by atoms with E-state index >= 15 is 0 Å². The Kier molecular flexibility index (Phi) is 4.45. The van der Waals surface area contributed by atoms with Crippen molar-refractivity contribution in [3.63, 3.8) is 0 Å². The predicted molar refractivity (Wildman–Crippen MR) is 76.7 cm³/mol. The van der Waals surface area contributed by atoms with Gasteiger partial charge in [0.25, 0.3) is 0 Å². The lowest BCUT2D eigenvalue weighted by atomic mass is 10.1. The summed E-state index contributed by atoms with van der Waals surface area (Å²) in [7, 11) is 4.04. The first-order valence-corrected chi connectivity index (χ1v) is 6.33. The van der Waals surface area contributed by atoms with Crippen LogP contribution in [-0.2, 0) is 0 Å². The maximum Gasteiger partial charge on any atom is 0.121 e. The Morgan fingerprint density at radius 1 is 1.37 bits per heavy atom. The number of nitrogens with one attached hydrogen (secondary N) is 1. The molecule has 0 saturated heterocycles. The molecule has 19 heavy (non-hydrogen) atoms. The molecule has 1 aromatic heterocycles. The lowest BCUT2D eigenvalue weighted by Gasteiger charge is -2.15. The van der Waals surface area contributed by atoms with Crippen LogP contribution in [0.3, 0.4) is 0 Å². The van der Waals surface area contributed by atoms with Gasteiger partial charge in [-0.1, -0.05) is 12.1 Å². The molecule has 4 heteroatoms. The van der Waals surface area contributed by atoms with Crippen molar-refractivity contribution < 1.29 is 0 Å². The van der Waals surface area contributed by atoms with Crippen molar-refractivity contribution >= 4 is 10.9 Å². The molecule has 1 unspecified atom stereocenters. The number of fused-ring (bicyclic) bond motifs is 1. The summed E-state index contributed by atoms with van der Waals surface area (Å²) in [4.78, 5) is 6.37. The van der Waals surface area contributed by atoms with Crippen LogP contribution < -0.4 is 5.32 Å². The van der Waals surface area contributed by atoms with Crippen molar-refractivity contribution in [2.45, 2.75) is 6.04 Å². The highest BCUT2D eigenvalue weighted by atomic mass is 15.1. The van der Waals surface area contributed by atoms with Gasteiger partial charge in [-0.3, -0.25) is 10.3 Å². The minimum absolute atomic E-state index is 0.274. The summed E-state index contributed by atoms with van der Waals surface area (Å²) in [5.41, 5.74) is 1.94. The summed E-state index contributed by atoms with van der Waals surface area (Å²) in [6.07, 6.45) is 1.78. The molecule has 0 fully saturated rings. The highest BCUT2D eigenvalue weighted by Gasteiger charge is 2.10. The molecule has 0 amide bonds. The van der Waals surface area contributed by atoms with E-state index < -0.39 is 0 Å². The largest absolute Gasteiger partial charge is 0.308 e. The zero-order chi connectivity index (χ0) is 13.7. The van der Waals surface area contributed by atoms with E-state index in [4.69, 9.17) is 0 Å². The number of hydrogen-bond donors (Lipinski definition) is 1. The molecule has 1 atom stereocenters. The summed E-state index contributed by atoms with van der Waals surface area (Å²) in [5, 5.41) is 13.6. The van der Waals surface area contributed by atoms with Crippen molar-refractivity contribution in [2.24, 2.45) is 0 Å². The molecule has 4 nitrogen and oxygen atoms in total. The fraction of sp³-hybridized carbons (Fsp3) is 0.333. The standard InChI is InChI=1S/C15H18N4/c1-19(2)9-8-18-15(11-16)13-5-6-14-12(10-13)4-3-7-17-14/h3-7,10,15,18H,8-9H2,1-2H3. The molecule has 1 heterocycles. The van der Waals surface area contributed by atoms with Gasteiger partial charge in [-0.25, -0.2) is 0 Å². The number of hydrogen-bond acceptors (Lipinski definition) is 4. The number of nitrogens with zero attached hydrogens (tertiary/aromatic N) is 3. The zero-order valence-electron chi connectivity index (χ0n) is 11.3. The Morgan fingerprint density at radius 2 is 2.21 bits per heavy atom. The van der Waals surface area contributed by atoms with Crippen molar-refractivity contribution in [2.75, 3.05) is 27.2 Å². The first-order chi connectivity index (χ1) is 9.20. The molecule has 0 aliphatic heterocycles. The Balaban J connectivity index is 2.14. The summed E-state index contributed by atoms with van der Waals surface area (Å²) in [5.74, 6) is 0. The quantitative estimate of drug-likeness (QED) is 0.886. The predicted octanol–water partition coefficient (Wildman–Crippen LogP) is 1.95. The maximum atomic E-state index is 9.28. The molecule has 0 aliphatic carbocycles. The minimum atomic E-state index is -0.274. The zero-order valence-corrected chi connectivity index (χ0v) is 11.3. The molecule has 1 aromatic carbocycles. The highest BCUT2D eigenvalue weighted by Crippen LogP contribution is 2.18. The Morgan fingerprint density at radius 3 is 2.95 bits per heavy atom. The summed E-state index contributed by atoms with van der Waals surface area (Å²) < 4.78 is 0. The van der Waals surface area contributed by atoms with E-state index in [1.807, 2.05) is 44.4 Å². The van der Waals surface area contributed by atoms with E-state index in [1.165, 1.54) is 0 Å². The van der Waals surface area contributed by atoms with Gasteiger partial charge in [0.05, 0.1) is 11.6 Å². The van der Waals surface area contributed by atoms with Gasteiger partial charge in [0, 0.05) is 24.7 Å². The molecule has 0 aliphatic rings. The highest BCUT2D eigenvalue weighted by molar-refractivity contribution is 5.79. The van der Waals surface area contributed by atoms with Gasteiger partial charge in [-0.2, -0.15) is 5.26 Å². The fourth-order valence-corrected chi connectivity index (χ4v) is 1.94. The molecular weight excluding hydrogens is 236 g/mol. The third-order valence-corrected chi connectivity index (χ3v) is 3.00. The van der Waals surface area contributed by atoms with Gasteiger partial charge in [0.2, 0.25) is 0 Å². The number of nitriles is 1. The third kappa shape index (κ3) is 3.50. The lowest BCUT2D eigenvalue weighted by molar-refractivity contribution is 0.395. The Bertz CT molecular complexity index is 586. The lowest BCUT2D eigenvalue weighted by Crippen LogP contribution is -2.29. The van der Waals surface area contributed by atoms with E-state index in [0.29, 0.717) is 0 Å². The van der Waals surface area contributed by atoms with E-state index in [0.717, 1.165) is 29.6 Å². The molecule has 0 radical (unpaired) electrons. The topological polar surface area (TPSA) is 52.0 Å². The molecule has 2 rings (SSSR count). The summed E-state index contributed by atoms with van der Waals surface area (Å²) in [6.45, 7) is 1.70. The van der Waals surface area contributed by atoms with Gasteiger partial charge in [-0.05, 0) is 37.9 Å². The molecule has 0 spiro atoms. The number of likely N-dealkylation sites (N-methyl/N-ethyl adjacent to an activating group) is 1. The van der Waals surface area contributed by atoms with Crippen LogP contribution in [0.25, 0.3) is 10.9 Å². The Labute approximate surface area is 113 Å². The first-order valence-electron chi connectivity index (χ1n) is 6.33. The molecule has 1 N–H and O–H groups in total. The van der Waals surface area contributed by atoms with Crippen molar-refractivity contribution in [3.8, 4) is 6.07 Å². The van der Waals surface area contributed by atoms with Gasteiger partial charge < -0.3 is 4.90 Å². The normalized spacial score (nSPS) is 12.5. The van der Waals surface area contributed by atoms with Crippen LogP contribution in [0, 0.1) is 11.3 Å². The first kappa shape index (κ1) is 13.5. The van der Waals surface area contributed by atoms with Crippen LogP contribution >= 0.6 is 0 Å². The van der Waals surface area contributed by atoms with Crippen molar-refractivity contribution in [1.29, 1.82) is 5.26 Å². The van der Waals surface area contributed by atoms with E-state index in [-0.39, 0.29) is 6.04 Å². The number of benzene rings is 1. The van der Waals surface area contributed by atoms with Crippen LogP contribution in [-0.4, -0.2) is 37.1 Å². The number of rotatable bonds is 5. The molecule has 2 aromatic rings. The van der Waals surface area contributed by atoms with Crippen molar-refractivity contribution in [3.05, 3.63) is 42.1 Å². The van der Waals surface area contributed by atoms with E-state index in [1.54, 1.807) is 6.20 Å². The monoisotopic (exact) mass is 254 g/mol. The fourth-order valence-electron chi connectivity index (χ4n) is 1.94. The van der Waals surface area contributed by atoms with Crippen LogP contribution in [0.2, 0.25) is 0 Å². The second-order valence-corrected chi connectivity index (χ2v) is 4.78. The maximum absolute atomic E-state index is 9.28. The van der Waals surface area contributed by atoms with E-state index in [9.17, 15) is 5.26 Å². The SMILES string of the molecule is CN(C)CCNC(C#N)c1ccc2ncccc2c1. The average molecular weight is 254 g/mol. The second kappa shape index (κ2) is 6.28. The van der Waals surface area contributed by atoms with Gasteiger partial charge in [0.15, 0.2) is 0 Å². The van der Waals surface area contributed by atoms with E-state index in [2.05, 4.69) is 21.3 Å². The Hall–Kier alpha value is -1.96. The molecule has 0 bridgehead atoms. The van der Waals surface area contributed by atoms with Crippen LogP contribution in [0.5, 0.6) is 0 Å². The number of pyridine rings is 1. The average Bonchev–Trinajstić information content (AvgIpc) is 2.43. The van der Waals surface area contributed by atoms with Crippen LogP contribution in [0.1, 0.15) is 11.6 Å². The van der Waals surface area contributed by atoms with Crippen molar-refractivity contribution in [1.82, 2.24) is 15.2 Å². The third-order valence-electron chi connectivity index (χ3n) is 3.00. The van der Waals surface area contributed by atoms with Gasteiger partial charge in [0.1, 0.15) is 6.04 Å². The molecular formula is C15H18N4. The number of aromatic nitrogens is 1. The minimum Gasteiger partial charge on any atom is -0.308 e. The van der Waals surface area contributed by atoms with Crippen LogP contribution in [0.4, 0.5) is 0 Å². The summed E-state index contributed by atoms with van der Waals surface area (Å²) in [6, 6.07) is 11.9. The summed E-state index contributed by atoms with van der Waals surface area (Å²) >= 11 is 0.